The maximum Gasteiger partial charge on any atom is 0.287 e. The first-order valence-electron chi connectivity index (χ1n) is 6.83. The van der Waals surface area contributed by atoms with Crippen LogP contribution in [0.1, 0.15) is 24.4 Å². The number of furan rings is 1. The molecule has 0 unspecified atom stereocenters. The second kappa shape index (κ2) is 6.77. The molecule has 1 heterocycles. The first-order valence-corrected chi connectivity index (χ1v) is 7.21. The number of rotatable bonds is 6. The normalized spacial score (nSPS) is 11.2. The van der Waals surface area contributed by atoms with Gasteiger partial charge < -0.3 is 14.6 Å². The van der Waals surface area contributed by atoms with Gasteiger partial charge in [-0.3, -0.25) is 4.79 Å². The zero-order valence-electron chi connectivity index (χ0n) is 11.8. The fourth-order valence-corrected chi connectivity index (χ4v) is 2.26. The van der Waals surface area contributed by atoms with Crippen LogP contribution in [0, 0.1) is 0 Å². The highest BCUT2D eigenvalue weighted by molar-refractivity contribution is 6.31. The molecule has 2 aromatic rings. The summed E-state index contributed by atoms with van der Waals surface area (Å²) in [5.41, 5.74) is 0.670. The quantitative estimate of drug-likeness (QED) is 0.890. The van der Waals surface area contributed by atoms with E-state index in [0.717, 1.165) is 25.0 Å². The minimum atomic E-state index is -0.190. The summed E-state index contributed by atoms with van der Waals surface area (Å²) in [4.78, 5) is 14.2. The van der Waals surface area contributed by atoms with E-state index in [0.29, 0.717) is 22.9 Å². The van der Waals surface area contributed by atoms with Crippen LogP contribution < -0.4 is 5.32 Å². The molecule has 0 saturated carbocycles. The molecule has 0 fully saturated rings. The molecule has 0 aliphatic carbocycles. The molecule has 20 heavy (non-hydrogen) atoms. The van der Waals surface area contributed by atoms with Gasteiger partial charge in [-0.15, -0.1) is 0 Å². The molecule has 0 spiro atoms. The third kappa shape index (κ3) is 3.52. The Morgan fingerprint density at radius 1 is 1.30 bits per heavy atom. The van der Waals surface area contributed by atoms with E-state index in [1.807, 2.05) is 0 Å². The van der Waals surface area contributed by atoms with Crippen LogP contribution in [-0.4, -0.2) is 37.0 Å². The first-order chi connectivity index (χ1) is 9.63. The number of nitrogens with one attached hydrogen (secondary N) is 1. The Balaban J connectivity index is 1.97. The Labute approximate surface area is 123 Å². The van der Waals surface area contributed by atoms with Gasteiger partial charge in [0.2, 0.25) is 0 Å². The van der Waals surface area contributed by atoms with Gasteiger partial charge in [-0.25, -0.2) is 0 Å². The maximum atomic E-state index is 12.0. The Morgan fingerprint density at radius 3 is 2.75 bits per heavy atom. The summed E-state index contributed by atoms with van der Waals surface area (Å²) in [5, 5.41) is 4.34. The number of amides is 1. The molecule has 0 bridgehead atoms. The summed E-state index contributed by atoms with van der Waals surface area (Å²) in [6, 6.07) is 7.01. The van der Waals surface area contributed by atoms with Crippen molar-refractivity contribution in [3.8, 4) is 0 Å². The van der Waals surface area contributed by atoms with Gasteiger partial charge >= 0.3 is 0 Å². The number of nitrogens with zero attached hydrogens (tertiary/aromatic N) is 1. The number of benzene rings is 1. The highest BCUT2D eigenvalue weighted by atomic mass is 35.5. The lowest BCUT2D eigenvalue weighted by Crippen LogP contribution is -2.34. The Hall–Kier alpha value is -1.52. The van der Waals surface area contributed by atoms with Gasteiger partial charge in [0.05, 0.1) is 0 Å². The van der Waals surface area contributed by atoms with Crippen molar-refractivity contribution in [1.29, 1.82) is 0 Å². The monoisotopic (exact) mass is 294 g/mol. The van der Waals surface area contributed by atoms with E-state index in [1.54, 1.807) is 24.3 Å². The number of hydrogen-bond acceptors (Lipinski definition) is 3. The van der Waals surface area contributed by atoms with Crippen LogP contribution in [0.25, 0.3) is 11.0 Å². The predicted octanol–water partition coefficient (Wildman–Crippen LogP) is 3.16. The molecule has 1 aromatic carbocycles. The number of carbonyl (C=O) groups is 1. The fourth-order valence-electron chi connectivity index (χ4n) is 2.08. The largest absolute Gasteiger partial charge is 0.451 e. The third-order valence-electron chi connectivity index (χ3n) is 3.31. The van der Waals surface area contributed by atoms with Crippen molar-refractivity contribution < 1.29 is 9.21 Å². The molecule has 2 rings (SSSR count). The molecule has 0 radical (unpaired) electrons. The summed E-state index contributed by atoms with van der Waals surface area (Å²) < 4.78 is 5.51. The highest BCUT2D eigenvalue weighted by Crippen LogP contribution is 2.22. The molecule has 0 aliphatic rings. The van der Waals surface area contributed by atoms with Crippen LogP contribution in [0.3, 0.4) is 0 Å². The molecular formula is C15H19ClN2O2. The topological polar surface area (TPSA) is 45.5 Å². The van der Waals surface area contributed by atoms with Crippen LogP contribution in [0.4, 0.5) is 0 Å². The average Bonchev–Trinajstić information content (AvgIpc) is 2.86. The second-order valence-electron chi connectivity index (χ2n) is 4.58. The zero-order valence-corrected chi connectivity index (χ0v) is 12.5. The summed E-state index contributed by atoms with van der Waals surface area (Å²) in [6.07, 6.45) is 0. The SMILES string of the molecule is CCN(CC)CCNC(=O)c1cc2cc(Cl)ccc2o1. The molecule has 108 valence electrons. The van der Waals surface area contributed by atoms with Crippen molar-refractivity contribution >= 4 is 28.5 Å². The van der Waals surface area contributed by atoms with Crippen molar-refractivity contribution in [2.24, 2.45) is 0 Å². The summed E-state index contributed by atoms with van der Waals surface area (Å²) in [7, 11) is 0. The maximum absolute atomic E-state index is 12.0. The van der Waals surface area contributed by atoms with Crippen LogP contribution in [0.5, 0.6) is 0 Å². The lowest BCUT2D eigenvalue weighted by molar-refractivity contribution is 0.0923. The number of likely N-dealkylation sites (N-methyl/N-ethyl adjacent to an activating group) is 1. The lowest BCUT2D eigenvalue weighted by atomic mass is 10.2. The van der Waals surface area contributed by atoms with Crippen LogP contribution >= 0.6 is 11.6 Å². The van der Waals surface area contributed by atoms with Crippen LogP contribution in [0.2, 0.25) is 5.02 Å². The fraction of sp³-hybridized carbons (Fsp3) is 0.400. The first kappa shape index (κ1) is 14.9. The molecular weight excluding hydrogens is 276 g/mol. The summed E-state index contributed by atoms with van der Waals surface area (Å²) >= 11 is 5.91. The van der Waals surface area contributed by atoms with E-state index in [-0.39, 0.29) is 5.91 Å². The van der Waals surface area contributed by atoms with E-state index in [4.69, 9.17) is 16.0 Å². The Kier molecular flexibility index (Phi) is 5.04. The van der Waals surface area contributed by atoms with Gasteiger partial charge in [-0.1, -0.05) is 25.4 Å². The molecule has 0 saturated heterocycles. The number of hydrogen-bond donors (Lipinski definition) is 1. The van der Waals surface area contributed by atoms with Crippen molar-refractivity contribution in [3.63, 3.8) is 0 Å². The predicted molar refractivity (Wildman–Crippen MR) is 81.3 cm³/mol. The number of carbonyl (C=O) groups excluding carboxylic acids is 1. The zero-order chi connectivity index (χ0) is 14.5. The number of halogens is 1. The Morgan fingerprint density at radius 2 is 2.05 bits per heavy atom. The van der Waals surface area contributed by atoms with E-state index in [1.165, 1.54) is 0 Å². The smallest absolute Gasteiger partial charge is 0.287 e. The van der Waals surface area contributed by atoms with E-state index in [2.05, 4.69) is 24.1 Å². The molecule has 1 aromatic heterocycles. The van der Waals surface area contributed by atoms with Gasteiger partial charge in [0.25, 0.3) is 5.91 Å². The molecule has 1 amide bonds. The number of fused-ring (bicyclic) bond motifs is 1. The van der Waals surface area contributed by atoms with Crippen LogP contribution in [0.15, 0.2) is 28.7 Å². The van der Waals surface area contributed by atoms with Gasteiger partial charge in [0.15, 0.2) is 5.76 Å². The Bertz CT molecular complexity index is 591. The van der Waals surface area contributed by atoms with E-state index >= 15 is 0 Å². The minimum absolute atomic E-state index is 0.190. The van der Waals surface area contributed by atoms with Crippen LogP contribution in [-0.2, 0) is 0 Å². The van der Waals surface area contributed by atoms with Gasteiger partial charge in [0.1, 0.15) is 5.58 Å². The molecule has 0 atom stereocenters. The highest BCUT2D eigenvalue weighted by Gasteiger charge is 2.12. The summed E-state index contributed by atoms with van der Waals surface area (Å²) in [5.74, 6) is 0.131. The van der Waals surface area contributed by atoms with Crippen molar-refractivity contribution in [2.75, 3.05) is 26.2 Å². The minimum Gasteiger partial charge on any atom is -0.451 e. The molecule has 4 nitrogen and oxygen atoms in total. The van der Waals surface area contributed by atoms with Gasteiger partial charge in [-0.2, -0.15) is 0 Å². The molecule has 0 aliphatic heterocycles. The molecule has 5 heteroatoms. The lowest BCUT2D eigenvalue weighted by Gasteiger charge is -2.17. The average molecular weight is 295 g/mol. The van der Waals surface area contributed by atoms with Crippen molar-refractivity contribution in [3.05, 3.63) is 35.0 Å². The van der Waals surface area contributed by atoms with Gasteiger partial charge in [-0.05, 0) is 37.4 Å². The van der Waals surface area contributed by atoms with E-state index in [9.17, 15) is 4.79 Å². The summed E-state index contributed by atoms with van der Waals surface area (Å²) in [6.45, 7) is 7.62. The van der Waals surface area contributed by atoms with Crippen molar-refractivity contribution in [2.45, 2.75) is 13.8 Å². The second-order valence-corrected chi connectivity index (χ2v) is 5.01. The van der Waals surface area contributed by atoms with E-state index < -0.39 is 0 Å². The van der Waals surface area contributed by atoms with Gasteiger partial charge in [0, 0.05) is 23.5 Å². The standard InChI is InChI=1S/C15H19ClN2O2/c1-3-18(4-2)8-7-17-15(19)14-10-11-9-12(16)5-6-13(11)20-14/h5-6,9-10H,3-4,7-8H2,1-2H3,(H,17,19). The third-order valence-corrected chi connectivity index (χ3v) is 3.55. The van der Waals surface area contributed by atoms with Crippen molar-refractivity contribution in [1.82, 2.24) is 10.2 Å². The molecule has 1 N–H and O–H groups in total.